The quantitative estimate of drug-likeness (QED) is 0.656. The molecule has 0 saturated carbocycles. The van der Waals surface area contributed by atoms with Crippen molar-refractivity contribution in [1.29, 1.82) is 0 Å². The normalized spacial score (nSPS) is 15.2. The Bertz CT molecular complexity index is 1040. The minimum atomic E-state index is -4.76. The predicted octanol–water partition coefficient (Wildman–Crippen LogP) is 2.64. The molecule has 1 fully saturated rings. The number of anilines is 1. The van der Waals surface area contributed by atoms with E-state index in [4.69, 9.17) is 4.74 Å². The number of halogens is 3. The van der Waals surface area contributed by atoms with Crippen molar-refractivity contribution in [2.75, 3.05) is 31.2 Å². The molecule has 0 aliphatic carbocycles. The number of aromatic nitrogens is 3. The van der Waals surface area contributed by atoms with Crippen LogP contribution in [0.25, 0.3) is 10.3 Å². The third-order valence-electron chi connectivity index (χ3n) is 4.15. The van der Waals surface area contributed by atoms with Crippen molar-refractivity contribution in [3.63, 3.8) is 0 Å². The van der Waals surface area contributed by atoms with Gasteiger partial charge in [0, 0.05) is 13.1 Å². The van der Waals surface area contributed by atoms with E-state index in [1.807, 2.05) is 4.90 Å². The molecule has 28 heavy (non-hydrogen) atoms. The van der Waals surface area contributed by atoms with Gasteiger partial charge in [0.2, 0.25) is 0 Å². The minimum absolute atomic E-state index is 0.200. The SMILES string of the molecule is O=c1ncn(Cc2cccc(OC(F)(F)F)c2)c2nc(N3CCOCC3)sc12. The number of thiazole rings is 1. The zero-order valence-corrected chi connectivity index (χ0v) is 15.3. The Morgan fingerprint density at radius 1 is 1.25 bits per heavy atom. The molecule has 3 heterocycles. The van der Waals surface area contributed by atoms with E-state index in [1.165, 1.54) is 35.9 Å². The van der Waals surface area contributed by atoms with Gasteiger partial charge < -0.3 is 18.9 Å². The van der Waals surface area contributed by atoms with E-state index in [-0.39, 0.29) is 17.9 Å². The standard InChI is InChI=1S/C17H15F3N4O3S/c18-17(19,20)27-12-3-1-2-11(8-12)9-24-10-21-15(25)13-14(24)22-16(28-13)23-4-6-26-7-5-23/h1-3,8,10H,4-7,9H2. The van der Waals surface area contributed by atoms with Gasteiger partial charge in [-0.05, 0) is 17.7 Å². The molecule has 3 aromatic rings. The summed E-state index contributed by atoms with van der Waals surface area (Å²) in [5.41, 5.74) is 0.639. The van der Waals surface area contributed by atoms with E-state index in [0.717, 1.165) is 0 Å². The molecule has 1 saturated heterocycles. The molecule has 0 atom stereocenters. The Labute approximate surface area is 161 Å². The van der Waals surface area contributed by atoms with E-state index in [0.29, 0.717) is 47.3 Å². The van der Waals surface area contributed by atoms with Crippen LogP contribution in [0.15, 0.2) is 35.4 Å². The summed E-state index contributed by atoms with van der Waals surface area (Å²) in [4.78, 5) is 22.6. The number of nitrogens with zero attached hydrogens (tertiary/aromatic N) is 4. The summed E-state index contributed by atoms with van der Waals surface area (Å²) >= 11 is 1.26. The first-order valence-corrected chi connectivity index (χ1v) is 9.24. The zero-order valence-electron chi connectivity index (χ0n) is 14.5. The fourth-order valence-corrected chi connectivity index (χ4v) is 3.93. The molecule has 7 nitrogen and oxygen atoms in total. The summed E-state index contributed by atoms with van der Waals surface area (Å²) in [5.74, 6) is -0.303. The van der Waals surface area contributed by atoms with Crippen molar-refractivity contribution >= 4 is 26.8 Å². The largest absolute Gasteiger partial charge is 0.573 e. The maximum Gasteiger partial charge on any atom is 0.573 e. The lowest BCUT2D eigenvalue weighted by atomic mass is 10.2. The average Bonchev–Trinajstić information content (AvgIpc) is 3.10. The third-order valence-corrected chi connectivity index (χ3v) is 5.24. The predicted molar refractivity (Wildman–Crippen MR) is 96.9 cm³/mol. The summed E-state index contributed by atoms with van der Waals surface area (Å²) in [6.45, 7) is 2.73. The number of rotatable bonds is 4. The topological polar surface area (TPSA) is 69.5 Å². The lowest BCUT2D eigenvalue weighted by molar-refractivity contribution is -0.274. The molecule has 0 bridgehead atoms. The van der Waals surface area contributed by atoms with Gasteiger partial charge in [-0.3, -0.25) is 4.79 Å². The number of ether oxygens (including phenoxy) is 2. The second-order valence-corrected chi connectivity index (χ2v) is 7.10. The van der Waals surface area contributed by atoms with Crippen molar-refractivity contribution in [1.82, 2.24) is 14.5 Å². The summed E-state index contributed by atoms with van der Waals surface area (Å²) in [6.07, 6.45) is -3.41. The second kappa shape index (κ2) is 7.40. The minimum Gasteiger partial charge on any atom is -0.406 e. The molecular formula is C17H15F3N4O3S. The molecule has 0 unspecified atom stereocenters. The van der Waals surface area contributed by atoms with Gasteiger partial charge in [0.15, 0.2) is 10.8 Å². The Balaban J connectivity index is 1.65. The molecule has 148 valence electrons. The van der Waals surface area contributed by atoms with Crippen molar-refractivity contribution in [3.05, 3.63) is 46.5 Å². The van der Waals surface area contributed by atoms with Crippen LogP contribution in [0.4, 0.5) is 18.3 Å². The highest BCUT2D eigenvalue weighted by molar-refractivity contribution is 7.22. The molecule has 1 aliphatic heterocycles. The van der Waals surface area contributed by atoms with Crippen molar-refractivity contribution in [3.8, 4) is 5.75 Å². The average molecular weight is 412 g/mol. The molecule has 4 rings (SSSR count). The summed E-state index contributed by atoms with van der Waals surface area (Å²) in [5, 5.41) is 0.700. The van der Waals surface area contributed by atoms with E-state index in [9.17, 15) is 18.0 Å². The van der Waals surface area contributed by atoms with Crippen LogP contribution >= 0.6 is 11.3 Å². The maximum absolute atomic E-state index is 12.4. The highest BCUT2D eigenvalue weighted by Crippen LogP contribution is 2.28. The van der Waals surface area contributed by atoms with Crippen molar-refractivity contribution in [2.45, 2.75) is 12.9 Å². The number of fused-ring (bicyclic) bond motifs is 1. The Morgan fingerprint density at radius 2 is 2.04 bits per heavy atom. The Kier molecular flexibility index (Phi) is 4.94. The van der Waals surface area contributed by atoms with Gasteiger partial charge in [0.1, 0.15) is 16.8 Å². The van der Waals surface area contributed by atoms with Gasteiger partial charge in [-0.15, -0.1) is 13.2 Å². The van der Waals surface area contributed by atoms with Crippen LogP contribution in [-0.4, -0.2) is 47.2 Å². The molecule has 1 aliphatic rings. The van der Waals surface area contributed by atoms with Crippen LogP contribution in [0.5, 0.6) is 5.75 Å². The van der Waals surface area contributed by atoms with Crippen molar-refractivity contribution in [2.24, 2.45) is 0 Å². The monoisotopic (exact) mass is 412 g/mol. The van der Waals surface area contributed by atoms with Crippen LogP contribution in [0.3, 0.4) is 0 Å². The number of hydrogen-bond acceptors (Lipinski definition) is 7. The van der Waals surface area contributed by atoms with E-state index >= 15 is 0 Å². The lowest BCUT2D eigenvalue weighted by Crippen LogP contribution is -2.36. The Morgan fingerprint density at radius 3 is 2.79 bits per heavy atom. The van der Waals surface area contributed by atoms with Gasteiger partial charge in [-0.1, -0.05) is 23.5 Å². The van der Waals surface area contributed by atoms with Crippen LogP contribution in [0.2, 0.25) is 0 Å². The van der Waals surface area contributed by atoms with E-state index < -0.39 is 6.36 Å². The summed E-state index contributed by atoms with van der Waals surface area (Å²) in [6, 6.07) is 5.68. The molecule has 0 radical (unpaired) electrons. The first-order chi connectivity index (χ1) is 13.4. The highest BCUT2D eigenvalue weighted by Gasteiger charge is 2.31. The summed E-state index contributed by atoms with van der Waals surface area (Å²) in [7, 11) is 0. The van der Waals surface area contributed by atoms with Crippen LogP contribution in [-0.2, 0) is 11.3 Å². The molecule has 0 N–H and O–H groups in total. The second-order valence-electron chi connectivity index (χ2n) is 6.12. The van der Waals surface area contributed by atoms with Crippen molar-refractivity contribution < 1.29 is 22.6 Å². The number of alkyl halides is 3. The lowest BCUT2D eigenvalue weighted by Gasteiger charge is -2.25. The van der Waals surface area contributed by atoms with Crippen LogP contribution < -0.4 is 15.2 Å². The van der Waals surface area contributed by atoms with Crippen LogP contribution in [0, 0.1) is 0 Å². The first kappa shape index (κ1) is 18.7. The van der Waals surface area contributed by atoms with Gasteiger partial charge in [0.25, 0.3) is 5.56 Å². The number of morpholine rings is 1. The molecule has 11 heteroatoms. The Hall–Kier alpha value is -2.66. The smallest absolute Gasteiger partial charge is 0.406 e. The van der Waals surface area contributed by atoms with Crippen LogP contribution in [0.1, 0.15) is 5.56 Å². The maximum atomic E-state index is 12.4. The first-order valence-electron chi connectivity index (χ1n) is 8.42. The molecular weight excluding hydrogens is 397 g/mol. The molecule has 0 spiro atoms. The van der Waals surface area contributed by atoms with Gasteiger partial charge in [0.05, 0.1) is 19.8 Å². The molecule has 2 aromatic heterocycles. The van der Waals surface area contributed by atoms with E-state index in [1.54, 1.807) is 10.6 Å². The summed E-state index contributed by atoms with van der Waals surface area (Å²) < 4.78 is 48.7. The number of hydrogen-bond donors (Lipinski definition) is 0. The fraction of sp³-hybridized carbons (Fsp3) is 0.353. The highest BCUT2D eigenvalue weighted by atomic mass is 32.1. The molecule has 0 amide bonds. The zero-order chi connectivity index (χ0) is 19.7. The van der Waals surface area contributed by atoms with Gasteiger partial charge in [-0.2, -0.15) is 4.98 Å². The van der Waals surface area contributed by atoms with Gasteiger partial charge in [-0.25, -0.2) is 4.98 Å². The third kappa shape index (κ3) is 4.09. The van der Waals surface area contributed by atoms with E-state index in [2.05, 4.69) is 14.7 Å². The van der Waals surface area contributed by atoms with Gasteiger partial charge >= 0.3 is 6.36 Å². The number of benzene rings is 1. The fourth-order valence-electron chi connectivity index (χ4n) is 2.91. The molecule has 1 aromatic carbocycles.